The van der Waals surface area contributed by atoms with Gasteiger partial charge in [-0.1, -0.05) is 40.2 Å². The van der Waals surface area contributed by atoms with Crippen LogP contribution in [0, 0.1) is 0 Å². The summed E-state index contributed by atoms with van der Waals surface area (Å²) in [5.41, 5.74) is 2.44. The van der Waals surface area contributed by atoms with Gasteiger partial charge in [-0.2, -0.15) is 5.10 Å². The van der Waals surface area contributed by atoms with Crippen molar-refractivity contribution < 1.29 is 9.53 Å². The Labute approximate surface area is 136 Å². The van der Waals surface area contributed by atoms with E-state index in [9.17, 15) is 4.79 Å². The van der Waals surface area contributed by atoms with Crippen LogP contribution in [-0.2, 0) is 4.74 Å². The maximum absolute atomic E-state index is 12.0. The molecule has 1 unspecified atom stereocenters. The Morgan fingerprint density at radius 2 is 1.95 bits per heavy atom. The Hall–Kier alpha value is -2.14. The van der Waals surface area contributed by atoms with Crippen LogP contribution >= 0.6 is 15.9 Å². The van der Waals surface area contributed by atoms with Crippen LogP contribution in [0.4, 0.5) is 0 Å². The number of nitrogens with zero attached hydrogens (tertiary/aromatic N) is 2. The largest absolute Gasteiger partial charge is 0.465 e. The van der Waals surface area contributed by atoms with Gasteiger partial charge in [0.15, 0.2) is 0 Å². The molecule has 5 heteroatoms. The van der Waals surface area contributed by atoms with E-state index in [0.29, 0.717) is 5.56 Å². The summed E-state index contributed by atoms with van der Waals surface area (Å²) < 4.78 is 7.78. The maximum atomic E-state index is 12.0. The Kier molecular flexibility index (Phi) is 3.98. The second-order valence-corrected chi connectivity index (χ2v) is 5.97. The van der Waals surface area contributed by atoms with Gasteiger partial charge in [0.25, 0.3) is 0 Å². The molecule has 22 heavy (non-hydrogen) atoms. The van der Waals surface area contributed by atoms with Crippen LogP contribution in [0.5, 0.6) is 0 Å². The maximum Gasteiger partial charge on any atom is 0.340 e. The van der Waals surface area contributed by atoms with E-state index < -0.39 is 0 Å². The number of carbonyl (C=O) groups is 1. The number of hydrogen-bond donors (Lipinski definition) is 0. The first-order valence-corrected chi connectivity index (χ1v) is 7.71. The molecule has 0 spiro atoms. The van der Waals surface area contributed by atoms with E-state index in [1.165, 1.54) is 7.11 Å². The molecule has 2 aromatic carbocycles. The number of carbonyl (C=O) groups excluding carboxylic acids is 1. The number of esters is 1. The first-order chi connectivity index (χ1) is 10.6. The third-order valence-corrected chi connectivity index (χ3v) is 4.27. The molecule has 0 bridgehead atoms. The molecule has 1 atom stereocenters. The molecule has 3 rings (SSSR count). The van der Waals surface area contributed by atoms with Crippen molar-refractivity contribution in [2.24, 2.45) is 0 Å². The molecule has 0 saturated carbocycles. The van der Waals surface area contributed by atoms with Crippen LogP contribution in [0.3, 0.4) is 0 Å². The highest BCUT2D eigenvalue weighted by Gasteiger charge is 2.18. The Morgan fingerprint density at radius 3 is 2.64 bits per heavy atom. The van der Waals surface area contributed by atoms with Gasteiger partial charge >= 0.3 is 5.97 Å². The minimum Gasteiger partial charge on any atom is -0.465 e. The summed E-state index contributed by atoms with van der Waals surface area (Å²) in [5.74, 6) is -0.352. The van der Waals surface area contributed by atoms with Crippen molar-refractivity contribution in [3.63, 3.8) is 0 Å². The molecule has 0 fully saturated rings. The second kappa shape index (κ2) is 5.93. The summed E-state index contributed by atoms with van der Waals surface area (Å²) >= 11 is 3.44. The summed E-state index contributed by atoms with van der Waals surface area (Å²) in [6.45, 7) is 2.06. The number of rotatable bonds is 3. The van der Waals surface area contributed by atoms with Gasteiger partial charge in [-0.3, -0.25) is 4.68 Å². The molecule has 0 aliphatic heterocycles. The minimum absolute atomic E-state index is 0.0106. The summed E-state index contributed by atoms with van der Waals surface area (Å²) in [6.07, 6.45) is 1.77. The first kappa shape index (κ1) is 14.8. The van der Waals surface area contributed by atoms with Gasteiger partial charge < -0.3 is 4.74 Å². The van der Waals surface area contributed by atoms with Crippen molar-refractivity contribution >= 4 is 32.8 Å². The highest BCUT2D eigenvalue weighted by atomic mass is 79.9. The topological polar surface area (TPSA) is 44.1 Å². The molecule has 0 aliphatic carbocycles. The number of benzene rings is 2. The number of hydrogen-bond acceptors (Lipinski definition) is 3. The Bertz CT molecular complexity index is 824. The first-order valence-electron chi connectivity index (χ1n) is 6.92. The lowest BCUT2D eigenvalue weighted by Gasteiger charge is -2.15. The van der Waals surface area contributed by atoms with E-state index in [4.69, 9.17) is 4.74 Å². The normalized spacial score (nSPS) is 12.3. The number of methoxy groups -OCH3 is 1. The average molecular weight is 359 g/mol. The molecule has 1 aromatic heterocycles. The molecule has 0 saturated heterocycles. The number of halogens is 1. The van der Waals surface area contributed by atoms with E-state index >= 15 is 0 Å². The van der Waals surface area contributed by atoms with Gasteiger partial charge in [0.05, 0.1) is 30.4 Å². The van der Waals surface area contributed by atoms with Crippen molar-refractivity contribution in [1.82, 2.24) is 9.78 Å². The molecule has 4 nitrogen and oxygen atoms in total. The zero-order valence-corrected chi connectivity index (χ0v) is 13.9. The molecule has 0 radical (unpaired) electrons. The van der Waals surface area contributed by atoms with Gasteiger partial charge in [0.2, 0.25) is 0 Å². The van der Waals surface area contributed by atoms with Gasteiger partial charge in [-0.25, -0.2) is 4.79 Å². The minimum atomic E-state index is -0.352. The van der Waals surface area contributed by atoms with Crippen LogP contribution in [-0.4, -0.2) is 22.9 Å². The second-order valence-electron chi connectivity index (χ2n) is 5.05. The summed E-state index contributed by atoms with van der Waals surface area (Å²) in [4.78, 5) is 12.0. The standard InChI is InChI=1S/C17H15BrN2O2/c1-11(12-6-8-14(18)9-7-12)20-16-13(10-19-20)4-3-5-15(16)17(21)22-2/h3-11H,1-2H3. The van der Waals surface area contributed by atoms with E-state index in [1.54, 1.807) is 12.3 Å². The highest BCUT2D eigenvalue weighted by molar-refractivity contribution is 9.10. The quantitative estimate of drug-likeness (QED) is 0.659. The Morgan fingerprint density at radius 1 is 1.23 bits per heavy atom. The van der Waals surface area contributed by atoms with Crippen LogP contribution in [0.1, 0.15) is 28.9 Å². The molecule has 1 heterocycles. The monoisotopic (exact) mass is 358 g/mol. The fraction of sp³-hybridized carbons (Fsp3) is 0.176. The number of fused-ring (bicyclic) bond motifs is 1. The van der Waals surface area contributed by atoms with Crippen molar-refractivity contribution in [3.8, 4) is 0 Å². The molecule has 0 amide bonds. The number of aromatic nitrogens is 2. The number of para-hydroxylation sites is 1. The predicted molar refractivity (Wildman–Crippen MR) is 89.0 cm³/mol. The summed E-state index contributed by atoms with van der Waals surface area (Å²) in [6, 6.07) is 13.6. The third-order valence-electron chi connectivity index (χ3n) is 3.74. The smallest absolute Gasteiger partial charge is 0.340 e. The fourth-order valence-corrected chi connectivity index (χ4v) is 2.82. The van der Waals surface area contributed by atoms with Crippen molar-refractivity contribution in [2.45, 2.75) is 13.0 Å². The Balaban J connectivity index is 2.14. The molecule has 112 valence electrons. The molecule has 0 N–H and O–H groups in total. The zero-order valence-electron chi connectivity index (χ0n) is 12.3. The van der Waals surface area contributed by atoms with Crippen LogP contribution in [0.2, 0.25) is 0 Å². The van der Waals surface area contributed by atoms with Gasteiger partial charge in [-0.05, 0) is 30.7 Å². The fourth-order valence-electron chi connectivity index (χ4n) is 2.55. The lowest BCUT2D eigenvalue weighted by Crippen LogP contribution is -2.11. The van der Waals surface area contributed by atoms with Crippen molar-refractivity contribution in [1.29, 1.82) is 0 Å². The SMILES string of the molecule is COC(=O)c1cccc2cnn(C(C)c3ccc(Br)cc3)c12. The molecular formula is C17H15BrN2O2. The van der Waals surface area contributed by atoms with Gasteiger partial charge in [-0.15, -0.1) is 0 Å². The van der Waals surface area contributed by atoms with Crippen LogP contribution < -0.4 is 0 Å². The van der Waals surface area contributed by atoms with E-state index in [0.717, 1.165) is 20.9 Å². The summed E-state index contributed by atoms with van der Waals surface area (Å²) in [7, 11) is 1.39. The molecule has 3 aromatic rings. The highest BCUT2D eigenvalue weighted by Crippen LogP contribution is 2.26. The van der Waals surface area contributed by atoms with Crippen LogP contribution in [0.25, 0.3) is 10.9 Å². The van der Waals surface area contributed by atoms with Gasteiger partial charge in [0.1, 0.15) is 0 Å². The lowest BCUT2D eigenvalue weighted by molar-refractivity contribution is 0.0602. The zero-order chi connectivity index (χ0) is 15.7. The van der Waals surface area contributed by atoms with Crippen LogP contribution in [0.15, 0.2) is 53.1 Å². The van der Waals surface area contributed by atoms with E-state index in [1.807, 2.05) is 41.1 Å². The van der Waals surface area contributed by atoms with E-state index in [2.05, 4.69) is 28.0 Å². The molecule has 0 aliphatic rings. The molecular weight excluding hydrogens is 344 g/mol. The average Bonchev–Trinajstić information content (AvgIpc) is 2.98. The van der Waals surface area contributed by atoms with Crippen molar-refractivity contribution in [3.05, 3.63) is 64.3 Å². The lowest BCUT2D eigenvalue weighted by atomic mass is 10.1. The predicted octanol–water partition coefficient (Wildman–Crippen LogP) is 4.19. The van der Waals surface area contributed by atoms with Gasteiger partial charge in [0, 0.05) is 9.86 Å². The van der Waals surface area contributed by atoms with Crippen molar-refractivity contribution in [2.75, 3.05) is 7.11 Å². The van der Waals surface area contributed by atoms with E-state index in [-0.39, 0.29) is 12.0 Å². The third kappa shape index (κ3) is 2.52. The summed E-state index contributed by atoms with van der Waals surface area (Å²) in [5, 5.41) is 5.39. The number of ether oxygens (including phenoxy) is 1.